The summed E-state index contributed by atoms with van der Waals surface area (Å²) in [5.74, 6) is -1.53. The number of carbonyl (C=O) groups is 3. The number of carboxylic acid groups (broad SMARTS) is 1. The summed E-state index contributed by atoms with van der Waals surface area (Å²) in [7, 11) is 0. The summed E-state index contributed by atoms with van der Waals surface area (Å²) in [4.78, 5) is 35.4. The highest BCUT2D eigenvalue weighted by Gasteiger charge is 2.16. The number of rotatable bonds is 7. The lowest BCUT2D eigenvalue weighted by molar-refractivity contribution is -0.138. The van der Waals surface area contributed by atoms with Crippen LogP contribution >= 0.6 is 11.8 Å². The zero-order valence-corrected chi connectivity index (χ0v) is 11.6. The van der Waals surface area contributed by atoms with E-state index in [-0.39, 0.29) is 24.7 Å². The molecule has 0 bridgehead atoms. The number of halogens is 1. The van der Waals surface area contributed by atoms with Crippen molar-refractivity contribution in [3.63, 3.8) is 0 Å². The third kappa shape index (κ3) is 4.99. The highest BCUT2D eigenvalue weighted by atomic mass is 35.5. The number of hydrogen-bond donors (Lipinski definition) is 3. The SMILES string of the molecule is CC(=O)CNC(=O)c1ccc(CC(NCl)C(=O)O)cc1. The molecule has 7 heteroatoms. The summed E-state index contributed by atoms with van der Waals surface area (Å²) in [5, 5.41) is 11.3. The van der Waals surface area contributed by atoms with Gasteiger partial charge >= 0.3 is 5.97 Å². The molecule has 0 saturated heterocycles. The minimum absolute atomic E-state index is 0.0160. The molecule has 0 aliphatic heterocycles. The van der Waals surface area contributed by atoms with E-state index in [9.17, 15) is 14.4 Å². The average molecular weight is 299 g/mol. The predicted octanol–water partition coefficient (Wildman–Crippen LogP) is 0.744. The lowest BCUT2D eigenvalue weighted by Crippen LogP contribution is -2.32. The third-order valence-corrected chi connectivity index (χ3v) is 2.85. The fourth-order valence-corrected chi connectivity index (χ4v) is 1.68. The molecule has 1 aromatic rings. The number of amides is 1. The van der Waals surface area contributed by atoms with E-state index in [1.165, 1.54) is 6.92 Å². The van der Waals surface area contributed by atoms with E-state index in [0.717, 1.165) is 5.56 Å². The minimum atomic E-state index is -1.05. The molecule has 0 fully saturated rings. The Kier molecular flexibility index (Phi) is 6.14. The average Bonchev–Trinajstić information content (AvgIpc) is 2.42. The van der Waals surface area contributed by atoms with Gasteiger partial charge in [-0.15, -0.1) is 0 Å². The Balaban J connectivity index is 2.66. The summed E-state index contributed by atoms with van der Waals surface area (Å²) in [6.45, 7) is 1.37. The van der Waals surface area contributed by atoms with E-state index in [2.05, 4.69) is 10.2 Å². The van der Waals surface area contributed by atoms with Crippen LogP contribution in [-0.2, 0) is 16.0 Å². The van der Waals surface area contributed by atoms with Crippen LogP contribution in [0, 0.1) is 0 Å². The first-order valence-corrected chi connectivity index (χ1v) is 6.27. The monoisotopic (exact) mass is 298 g/mol. The Hall–Kier alpha value is -1.92. The van der Waals surface area contributed by atoms with Gasteiger partial charge in [-0.25, -0.2) is 4.84 Å². The van der Waals surface area contributed by atoms with Crippen LogP contribution in [0.15, 0.2) is 24.3 Å². The van der Waals surface area contributed by atoms with Crippen LogP contribution in [0.3, 0.4) is 0 Å². The Morgan fingerprint density at radius 3 is 2.30 bits per heavy atom. The second-order valence-corrected chi connectivity index (χ2v) is 4.50. The molecule has 0 heterocycles. The second kappa shape index (κ2) is 7.62. The van der Waals surface area contributed by atoms with Gasteiger partial charge in [0.25, 0.3) is 5.91 Å². The summed E-state index contributed by atoms with van der Waals surface area (Å²) in [6, 6.07) is 5.53. The van der Waals surface area contributed by atoms with Gasteiger partial charge in [0.05, 0.1) is 6.54 Å². The molecule has 20 heavy (non-hydrogen) atoms. The maximum Gasteiger partial charge on any atom is 0.322 e. The third-order valence-electron chi connectivity index (χ3n) is 2.58. The summed E-state index contributed by atoms with van der Waals surface area (Å²) >= 11 is 5.34. The van der Waals surface area contributed by atoms with Crippen molar-refractivity contribution in [3.8, 4) is 0 Å². The van der Waals surface area contributed by atoms with Crippen molar-refractivity contribution in [1.82, 2.24) is 10.2 Å². The Morgan fingerprint density at radius 2 is 1.85 bits per heavy atom. The molecule has 0 aliphatic carbocycles. The quantitative estimate of drug-likeness (QED) is 0.646. The molecule has 0 aromatic heterocycles. The van der Waals surface area contributed by atoms with Crippen LogP contribution in [0.5, 0.6) is 0 Å². The lowest BCUT2D eigenvalue weighted by atomic mass is 10.0. The Bertz CT molecular complexity index is 502. The minimum Gasteiger partial charge on any atom is -0.480 e. The van der Waals surface area contributed by atoms with Crippen LogP contribution in [0.4, 0.5) is 0 Å². The molecule has 0 radical (unpaired) electrons. The first-order valence-electron chi connectivity index (χ1n) is 5.89. The van der Waals surface area contributed by atoms with Crippen LogP contribution in [-0.4, -0.2) is 35.4 Å². The smallest absolute Gasteiger partial charge is 0.322 e. The number of carbonyl (C=O) groups excluding carboxylic acids is 2. The van der Waals surface area contributed by atoms with Crippen LogP contribution < -0.4 is 10.2 Å². The molecule has 0 aliphatic rings. The van der Waals surface area contributed by atoms with E-state index in [0.29, 0.717) is 5.56 Å². The molecule has 6 nitrogen and oxygen atoms in total. The molecule has 1 aromatic carbocycles. The van der Waals surface area contributed by atoms with Crippen molar-refractivity contribution >= 4 is 29.4 Å². The van der Waals surface area contributed by atoms with E-state index in [1.807, 2.05) is 0 Å². The highest BCUT2D eigenvalue weighted by Crippen LogP contribution is 2.08. The summed E-state index contributed by atoms with van der Waals surface area (Å²) in [5.41, 5.74) is 1.13. The van der Waals surface area contributed by atoms with Gasteiger partial charge in [0.1, 0.15) is 11.8 Å². The van der Waals surface area contributed by atoms with Gasteiger partial charge in [-0.05, 0) is 42.8 Å². The number of aliphatic carboxylic acids is 1. The van der Waals surface area contributed by atoms with E-state index >= 15 is 0 Å². The molecule has 0 saturated carbocycles. The largest absolute Gasteiger partial charge is 0.480 e. The number of ketones is 1. The van der Waals surface area contributed by atoms with Crippen molar-refractivity contribution in [2.45, 2.75) is 19.4 Å². The molecule has 1 rings (SSSR count). The van der Waals surface area contributed by atoms with E-state index in [4.69, 9.17) is 16.9 Å². The van der Waals surface area contributed by atoms with Crippen molar-refractivity contribution in [1.29, 1.82) is 0 Å². The van der Waals surface area contributed by atoms with Crippen LogP contribution in [0.2, 0.25) is 0 Å². The van der Waals surface area contributed by atoms with Crippen LogP contribution in [0.25, 0.3) is 0 Å². The van der Waals surface area contributed by atoms with Gasteiger partial charge in [0.2, 0.25) is 0 Å². The predicted molar refractivity (Wildman–Crippen MR) is 73.6 cm³/mol. The normalized spacial score (nSPS) is 11.7. The Labute approximate surface area is 121 Å². The molecule has 108 valence electrons. The lowest BCUT2D eigenvalue weighted by Gasteiger charge is -2.10. The maximum atomic E-state index is 11.7. The zero-order chi connectivity index (χ0) is 15.1. The van der Waals surface area contributed by atoms with E-state index < -0.39 is 12.0 Å². The number of hydrogen-bond acceptors (Lipinski definition) is 4. The molecule has 3 N–H and O–H groups in total. The fourth-order valence-electron chi connectivity index (χ4n) is 1.51. The van der Waals surface area contributed by atoms with Crippen LogP contribution in [0.1, 0.15) is 22.8 Å². The van der Waals surface area contributed by atoms with Gasteiger partial charge in [0, 0.05) is 5.56 Å². The molecule has 0 spiro atoms. The zero-order valence-electron chi connectivity index (χ0n) is 10.9. The topological polar surface area (TPSA) is 95.5 Å². The van der Waals surface area contributed by atoms with Crippen molar-refractivity contribution in [3.05, 3.63) is 35.4 Å². The fraction of sp³-hybridized carbons (Fsp3) is 0.308. The number of carboxylic acids is 1. The van der Waals surface area contributed by atoms with Crippen molar-refractivity contribution in [2.24, 2.45) is 0 Å². The van der Waals surface area contributed by atoms with Gasteiger partial charge < -0.3 is 10.4 Å². The van der Waals surface area contributed by atoms with E-state index in [1.54, 1.807) is 24.3 Å². The molecular weight excluding hydrogens is 284 g/mol. The standard InChI is InChI=1S/C13H15ClN2O4/c1-8(17)7-15-12(18)10-4-2-9(3-5-10)6-11(16-14)13(19)20/h2-5,11,16H,6-7H2,1H3,(H,15,18)(H,19,20). The molecule has 1 atom stereocenters. The summed E-state index contributed by atoms with van der Waals surface area (Å²) < 4.78 is 0. The van der Waals surface area contributed by atoms with Crippen molar-refractivity contribution < 1.29 is 19.5 Å². The molecule has 1 amide bonds. The molecular formula is C13H15ClN2O4. The van der Waals surface area contributed by atoms with Gasteiger partial charge in [-0.1, -0.05) is 12.1 Å². The first kappa shape index (κ1) is 16.1. The van der Waals surface area contributed by atoms with Gasteiger partial charge in [-0.2, -0.15) is 0 Å². The van der Waals surface area contributed by atoms with Crippen molar-refractivity contribution in [2.75, 3.05) is 6.54 Å². The Morgan fingerprint density at radius 1 is 1.25 bits per heavy atom. The highest BCUT2D eigenvalue weighted by molar-refractivity contribution is 6.14. The number of benzene rings is 1. The van der Waals surface area contributed by atoms with Gasteiger partial charge in [0.15, 0.2) is 0 Å². The maximum absolute atomic E-state index is 11.7. The second-order valence-electron chi connectivity index (χ2n) is 4.29. The number of Topliss-reactive ketones (excluding diaryl/α,β-unsaturated/α-hetero) is 1. The first-order chi connectivity index (χ1) is 9.43. The molecule has 1 unspecified atom stereocenters. The summed E-state index contributed by atoms with van der Waals surface area (Å²) in [6.07, 6.45) is 0.203. The number of nitrogens with one attached hydrogen (secondary N) is 2. The van der Waals surface area contributed by atoms with Gasteiger partial charge in [-0.3, -0.25) is 14.4 Å².